The van der Waals surface area contributed by atoms with Crippen LogP contribution in [0.4, 0.5) is 5.82 Å². The van der Waals surface area contributed by atoms with Gasteiger partial charge >= 0.3 is 5.97 Å². The van der Waals surface area contributed by atoms with Gasteiger partial charge in [0.25, 0.3) is 0 Å². The summed E-state index contributed by atoms with van der Waals surface area (Å²) in [6.07, 6.45) is 1.40. The highest BCUT2D eigenvalue weighted by atomic mass is 32.2. The standard InChI is InChI=1S/C11H15N3O3S/c1-7-9(12-6-13-10(7)17-2)14-3-4-18-5-8(14)11(15)16/h6,8H,3-5H2,1-2H3,(H,15,16). The van der Waals surface area contributed by atoms with Crippen molar-refractivity contribution in [3.63, 3.8) is 0 Å². The van der Waals surface area contributed by atoms with Crippen LogP contribution in [0.25, 0.3) is 0 Å². The second-order valence-corrected chi connectivity index (χ2v) is 5.10. The minimum Gasteiger partial charge on any atom is -0.481 e. The number of carbonyl (C=O) groups is 1. The fourth-order valence-electron chi connectivity index (χ4n) is 1.98. The number of aliphatic carboxylic acids is 1. The molecule has 0 bridgehead atoms. The molecule has 2 rings (SSSR count). The lowest BCUT2D eigenvalue weighted by atomic mass is 10.2. The van der Waals surface area contributed by atoms with Crippen molar-refractivity contribution in [2.75, 3.05) is 30.1 Å². The van der Waals surface area contributed by atoms with Crippen molar-refractivity contribution < 1.29 is 14.6 Å². The Kier molecular flexibility index (Phi) is 3.90. The molecule has 0 amide bonds. The molecule has 0 saturated carbocycles. The molecule has 1 saturated heterocycles. The first-order valence-electron chi connectivity index (χ1n) is 5.58. The number of rotatable bonds is 3. The van der Waals surface area contributed by atoms with Crippen LogP contribution in [-0.2, 0) is 4.79 Å². The van der Waals surface area contributed by atoms with Gasteiger partial charge in [-0.25, -0.2) is 14.8 Å². The smallest absolute Gasteiger partial charge is 0.327 e. The lowest BCUT2D eigenvalue weighted by Crippen LogP contribution is -2.48. The summed E-state index contributed by atoms with van der Waals surface area (Å²) in [5, 5.41) is 9.26. The maximum absolute atomic E-state index is 11.3. The third-order valence-corrected chi connectivity index (χ3v) is 3.91. The van der Waals surface area contributed by atoms with Gasteiger partial charge in [0.05, 0.1) is 12.7 Å². The van der Waals surface area contributed by atoms with Crippen molar-refractivity contribution in [1.29, 1.82) is 0 Å². The van der Waals surface area contributed by atoms with E-state index in [4.69, 9.17) is 4.74 Å². The number of methoxy groups -OCH3 is 1. The van der Waals surface area contributed by atoms with Crippen LogP contribution >= 0.6 is 11.8 Å². The van der Waals surface area contributed by atoms with Gasteiger partial charge in [-0.05, 0) is 6.92 Å². The molecule has 1 aliphatic heterocycles. The fourth-order valence-corrected chi connectivity index (χ4v) is 3.02. The second-order valence-electron chi connectivity index (χ2n) is 3.95. The van der Waals surface area contributed by atoms with E-state index in [9.17, 15) is 9.90 Å². The van der Waals surface area contributed by atoms with Gasteiger partial charge in [0.1, 0.15) is 18.2 Å². The minimum atomic E-state index is -0.820. The minimum absolute atomic E-state index is 0.488. The maximum Gasteiger partial charge on any atom is 0.327 e. The van der Waals surface area contributed by atoms with Gasteiger partial charge in [-0.1, -0.05) is 0 Å². The average molecular weight is 269 g/mol. The predicted molar refractivity (Wildman–Crippen MR) is 69.4 cm³/mol. The van der Waals surface area contributed by atoms with E-state index in [1.54, 1.807) is 18.9 Å². The molecule has 0 aromatic carbocycles. The number of carboxylic acid groups (broad SMARTS) is 1. The third kappa shape index (κ3) is 2.35. The Morgan fingerprint density at radius 3 is 3.06 bits per heavy atom. The summed E-state index contributed by atoms with van der Waals surface area (Å²) in [5.41, 5.74) is 0.776. The molecule has 1 N–H and O–H groups in total. The van der Waals surface area contributed by atoms with E-state index < -0.39 is 12.0 Å². The zero-order valence-electron chi connectivity index (χ0n) is 10.3. The van der Waals surface area contributed by atoms with Crippen molar-refractivity contribution >= 4 is 23.5 Å². The van der Waals surface area contributed by atoms with E-state index in [1.807, 2.05) is 11.8 Å². The van der Waals surface area contributed by atoms with Crippen LogP contribution in [0, 0.1) is 6.92 Å². The zero-order chi connectivity index (χ0) is 13.1. The van der Waals surface area contributed by atoms with Crippen LogP contribution in [-0.4, -0.2) is 52.2 Å². The van der Waals surface area contributed by atoms with Crippen molar-refractivity contribution in [2.24, 2.45) is 0 Å². The number of thioether (sulfide) groups is 1. The monoisotopic (exact) mass is 269 g/mol. The maximum atomic E-state index is 11.3. The summed E-state index contributed by atoms with van der Waals surface area (Å²) < 4.78 is 5.14. The molecule has 0 aliphatic carbocycles. The second kappa shape index (κ2) is 5.43. The number of hydrogen-bond donors (Lipinski definition) is 1. The number of carboxylic acids is 1. The third-order valence-electron chi connectivity index (χ3n) is 2.89. The van der Waals surface area contributed by atoms with E-state index in [0.29, 0.717) is 24.0 Å². The van der Waals surface area contributed by atoms with Gasteiger partial charge in [0.15, 0.2) is 0 Å². The van der Waals surface area contributed by atoms with Crippen LogP contribution in [0.2, 0.25) is 0 Å². The SMILES string of the molecule is COc1ncnc(N2CCSCC2C(=O)O)c1C. The summed E-state index contributed by atoms with van der Waals surface area (Å²) in [6.45, 7) is 2.51. The summed E-state index contributed by atoms with van der Waals surface area (Å²) in [4.78, 5) is 21.3. The van der Waals surface area contributed by atoms with Gasteiger partial charge in [-0.2, -0.15) is 11.8 Å². The van der Waals surface area contributed by atoms with Crippen LogP contribution in [0.3, 0.4) is 0 Å². The highest BCUT2D eigenvalue weighted by Gasteiger charge is 2.31. The molecule has 1 aliphatic rings. The predicted octanol–water partition coefficient (Wildman–Crippen LogP) is 0.800. The van der Waals surface area contributed by atoms with Crippen LogP contribution in [0.5, 0.6) is 5.88 Å². The Hall–Kier alpha value is -1.50. The highest BCUT2D eigenvalue weighted by molar-refractivity contribution is 7.99. The van der Waals surface area contributed by atoms with Crippen molar-refractivity contribution in [1.82, 2.24) is 9.97 Å². The number of aromatic nitrogens is 2. The summed E-state index contributed by atoms with van der Waals surface area (Å²) in [5.74, 6) is 1.78. The van der Waals surface area contributed by atoms with E-state index in [0.717, 1.165) is 11.3 Å². The zero-order valence-corrected chi connectivity index (χ0v) is 11.1. The van der Waals surface area contributed by atoms with Crippen LogP contribution < -0.4 is 9.64 Å². The van der Waals surface area contributed by atoms with E-state index in [2.05, 4.69) is 9.97 Å². The van der Waals surface area contributed by atoms with Crippen LogP contribution in [0.15, 0.2) is 6.33 Å². The molecule has 7 heteroatoms. The number of ether oxygens (including phenoxy) is 1. The largest absolute Gasteiger partial charge is 0.481 e. The Morgan fingerprint density at radius 1 is 1.61 bits per heavy atom. The normalized spacial score (nSPS) is 19.7. The molecule has 1 aromatic rings. The molecule has 1 atom stereocenters. The quantitative estimate of drug-likeness (QED) is 0.869. The molecule has 6 nitrogen and oxygen atoms in total. The van der Waals surface area contributed by atoms with Gasteiger partial charge in [-0.15, -0.1) is 0 Å². The number of nitrogens with zero attached hydrogens (tertiary/aromatic N) is 3. The summed E-state index contributed by atoms with van der Waals surface area (Å²) in [6, 6.07) is -0.540. The molecule has 1 unspecified atom stereocenters. The molecule has 0 spiro atoms. The van der Waals surface area contributed by atoms with Gasteiger partial charge in [0.2, 0.25) is 5.88 Å². The Balaban J connectivity index is 2.36. The Labute approximate surface area is 109 Å². The topological polar surface area (TPSA) is 75.6 Å². The van der Waals surface area contributed by atoms with Crippen molar-refractivity contribution in [3.8, 4) is 5.88 Å². The van der Waals surface area contributed by atoms with Gasteiger partial charge in [0, 0.05) is 18.1 Å². The average Bonchev–Trinajstić information content (AvgIpc) is 2.39. The first-order valence-corrected chi connectivity index (χ1v) is 6.73. The van der Waals surface area contributed by atoms with Crippen LogP contribution in [0.1, 0.15) is 5.56 Å². The van der Waals surface area contributed by atoms with Gasteiger partial charge < -0.3 is 14.7 Å². The molecule has 98 valence electrons. The lowest BCUT2D eigenvalue weighted by molar-refractivity contribution is -0.138. The Morgan fingerprint density at radius 2 is 2.39 bits per heavy atom. The Bertz CT molecular complexity index is 455. The molecule has 1 aromatic heterocycles. The highest BCUT2D eigenvalue weighted by Crippen LogP contribution is 2.28. The molecule has 18 heavy (non-hydrogen) atoms. The first kappa shape index (κ1) is 12.9. The number of hydrogen-bond acceptors (Lipinski definition) is 6. The van der Waals surface area contributed by atoms with E-state index in [1.165, 1.54) is 6.33 Å². The van der Waals surface area contributed by atoms with Gasteiger partial charge in [-0.3, -0.25) is 0 Å². The lowest BCUT2D eigenvalue weighted by Gasteiger charge is -2.34. The van der Waals surface area contributed by atoms with Crippen molar-refractivity contribution in [3.05, 3.63) is 11.9 Å². The molecule has 1 fully saturated rings. The molecular weight excluding hydrogens is 254 g/mol. The molecule has 0 radical (unpaired) electrons. The van der Waals surface area contributed by atoms with E-state index in [-0.39, 0.29) is 0 Å². The summed E-state index contributed by atoms with van der Waals surface area (Å²) in [7, 11) is 1.54. The summed E-state index contributed by atoms with van der Waals surface area (Å²) >= 11 is 1.65. The van der Waals surface area contributed by atoms with E-state index >= 15 is 0 Å². The van der Waals surface area contributed by atoms with Crippen molar-refractivity contribution in [2.45, 2.75) is 13.0 Å². The number of anilines is 1. The fraction of sp³-hybridized carbons (Fsp3) is 0.545. The molecular formula is C11H15N3O3S. The first-order chi connectivity index (χ1) is 8.65. The molecule has 2 heterocycles.